The summed E-state index contributed by atoms with van der Waals surface area (Å²) in [5, 5.41) is 8.19. The molecule has 1 aliphatic carbocycles. The van der Waals surface area contributed by atoms with Gasteiger partial charge in [0.05, 0.1) is 14.2 Å². The van der Waals surface area contributed by atoms with Crippen LogP contribution in [-0.2, 0) is 19.4 Å². The molecule has 2 aromatic carbocycles. The molecular weight excluding hydrogens is 344 g/mol. The van der Waals surface area contributed by atoms with Crippen LogP contribution in [0.25, 0.3) is 11.5 Å². The SMILES string of the molecule is COc1ccc(-c2nnc(COc3ccc4c(c3)CCCC4)o2)cc1OC. The second-order valence-corrected chi connectivity index (χ2v) is 6.50. The molecule has 0 spiro atoms. The lowest BCUT2D eigenvalue weighted by Crippen LogP contribution is -2.03. The number of fused-ring (bicyclic) bond motifs is 1. The van der Waals surface area contributed by atoms with Gasteiger partial charge in [0.15, 0.2) is 18.1 Å². The zero-order valence-corrected chi connectivity index (χ0v) is 15.5. The molecule has 3 aromatic rings. The highest BCUT2D eigenvalue weighted by atomic mass is 16.5. The van der Waals surface area contributed by atoms with Crippen molar-refractivity contribution in [1.29, 1.82) is 0 Å². The average Bonchev–Trinajstić information content (AvgIpc) is 3.20. The molecule has 0 radical (unpaired) electrons. The normalized spacial score (nSPS) is 13.1. The van der Waals surface area contributed by atoms with Crippen molar-refractivity contribution in [1.82, 2.24) is 10.2 Å². The maximum atomic E-state index is 5.85. The van der Waals surface area contributed by atoms with Gasteiger partial charge >= 0.3 is 0 Å². The van der Waals surface area contributed by atoms with Crippen molar-refractivity contribution in [2.75, 3.05) is 14.2 Å². The van der Waals surface area contributed by atoms with E-state index in [1.165, 1.54) is 24.0 Å². The highest BCUT2D eigenvalue weighted by Gasteiger charge is 2.14. The Hall–Kier alpha value is -3.02. The van der Waals surface area contributed by atoms with Crippen molar-refractivity contribution in [3.63, 3.8) is 0 Å². The van der Waals surface area contributed by atoms with Crippen molar-refractivity contribution < 1.29 is 18.6 Å². The minimum absolute atomic E-state index is 0.235. The van der Waals surface area contributed by atoms with Gasteiger partial charge < -0.3 is 18.6 Å². The van der Waals surface area contributed by atoms with Gasteiger partial charge in [0.1, 0.15) is 5.75 Å². The number of ether oxygens (including phenoxy) is 3. The van der Waals surface area contributed by atoms with E-state index >= 15 is 0 Å². The van der Waals surface area contributed by atoms with Gasteiger partial charge in [0, 0.05) is 5.56 Å². The summed E-state index contributed by atoms with van der Waals surface area (Å²) >= 11 is 0. The molecule has 1 aliphatic rings. The van der Waals surface area contributed by atoms with Gasteiger partial charge in [0.2, 0.25) is 5.89 Å². The zero-order chi connectivity index (χ0) is 18.6. The van der Waals surface area contributed by atoms with E-state index in [4.69, 9.17) is 18.6 Å². The van der Waals surface area contributed by atoms with Crippen LogP contribution in [0.4, 0.5) is 0 Å². The first-order valence-corrected chi connectivity index (χ1v) is 9.06. The molecule has 0 saturated heterocycles. The molecular formula is C21H22N2O4. The van der Waals surface area contributed by atoms with Crippen LogP contribution in [0.3, 0.4) is 0 Å². The largest absolute Gasteiger partial charge is 0.493 e. The lowest BCUT2D eigenvalue weighted by atomic mass is 9.92. The number of rotatable bonds is 6. The van der Waals surface area contributed by atoms with Gasteiger partial charge in [-0.3, -0.25) is 0 Å². The maximum absolute atomic E-state index is 5.85. The number of nitrogens with zero attached hydrogens (tertiary/aromatic N) is 2. The van der Waals surface area contributed by atoms with E-state index in [0.717, 1.165) is 24.2 Å². The summed E-state index contributed by atoms with van der Waals surface area (Å²) in [6.45, 7) is 0.235. The molecule has 140 valence electrons. The Labute approximate surface area is 158 Å². The van der Waals surface area contributed by atoms with Gasteiger partial charge in [-0.15, -0.1) is 10.2 Å². The fourth-order valence-corrected chi connectivity index (χ4v) is 3.34. The number of hydrogen-bond acceptors (Lipinski definition) is 6. The molecule has 6 nitrogen and oxygen atoms in total. The van der Waals surface area contributed by atoms with Crippen LogP contribution >= 0.6 is 0 Å². The molecule has 4 rings (SSSR count). The van der Waals surface area contributed by atoms with Gasteiger partial charge in [-0.25, -0.2) is 0 Å². The quantitative estimate of drug-likeness (QED) is 0.651. The van der Waals surface area contributed by atoms with Gasteiger partial charge in [0.25, 0.3) is 5.89 Å². The molecule has 0 fully saturated rings. The van der Waals surface area contributed by atoms with Crippen LogP contribution in [-0.4, -0.2) is 24.4 Å². The highest BCUT2D eigenvalue weighted by molar-refractivity contribution is 5.59. The highest BCUT2D eigenvalue weighted by Crippen LogP contribution is 2.32. The third kappa shape index (κ3) is 3.74. The van der Waals surface area contributed by atoms with E-state index < -0.39 is 0 Å². The predicted molar refractivity (Wildman–Crippen MR) is 100 cm³/mol. The minimum atomic E-state index is 0.235. The van der Waals surface area contributed by atoms with E-state index in [1.807, 2.05) is 18.2 Å². The van der Waals surface area contributed by atoms with E-state index in [9.17, 15) is 0 Å². The Balaban J connectivity index is 1.45. The summed E-state index contributed by atoms with van der Waals surface area (Å²) in [6.07, 6.45) is 4.80. The summed E-state index contributed by atoms with van der Waals surface area (Å²) in [5.74, 6) is 2.94. The van der Waals surface area contributed by atoms with E-state index in [2.05, 4.69) is 22.3 Å². The first kappa shape index (κ1) is 17.4. The molecule has 1 heterocycles. The van der Waals surface area contributed by atoms with Crippen molar-refractivity contribution >= 4 is 0 Å². The standard InChI is InChI=1S/C21H22N2O4/c1-24-18-10-8-16(12-19(18)25-2)21-23-22-20(27-21)13-26-17-9-7-14-5-3-4-6-15(14)11-17/h7-12H,3-6,13H2,1-2H3. The predicted octanol–water partition coefficient (Wildman–Crippen LogP) is 4.21. The molecule has 0 N–H and O–H groups in total. The Morgan fingerprint density at radius 1 is 0.889 bits per heavy atom. The Bertz CT molecular complexity index is 936. The molecule has 1 aromatic heterocycles. The minimum Gasteiger partial charge on any atom is -0.493 e. The van der Waals surface area contributed by atoms with Crippen LogP contribution in [0, 0.1) is 0 Å². The molecule has 0 unspecified atom stereocenters. The van der Waals surface area contributed by atoms with Crippen molar-refractivity contribution in [2.24, 2.45) is 0 Å². The smallest absolute Gasteiger partial charge is 0.254 e. The van der Waals surface area contributed by atoms with Gasteiger partial charge in [-0.05, 0) is 67.1 Å². The van der Waals surface area contributed by atoms with E-state index in [-0.39, 0.29) is 6.61 Å². The monoisotopic (exact) mass is 366 g/mol. The summed E-state index contributed by atoms with van der Waals surface area (Å²) in [7, 11) is 3.19. The number of hydrogen-bond donors (Lipinski definition) is 0. The molecule has 6 heteroatoms. The Morgan fingerprint density at radius 3 is 2.52 bits per heavy atom. The topological polar surface area (TPSA) is 66.6 Å². The number of aromatic nitrogens is 2. The number of aryl methyl sites for hydroxylation is 2. The second-order valence-electron chi connectivity index (χ2n) is 6.50. The van der Waals surface area contributed by atoms with Crippen LogP contribution in [0.2, 0.25) is 0 Å². The molecule has 27 heavy (non-hydrogen) atoms. The van der Waals surface area contributed by atoms with Crippen LogP contribution < -0.4 is 14.2 Å². The number of methoxy groups -OCH3 is 2. The van der Waals surface area contributed by atoms with Crippen molar-refractivity contribution in [2.45, 2.75) is 32.3 Å². The molecule has 0 saturated carbocycles. The van der Waals surface area contributed by atoms with Crippen molar-refractivity contribution in [3.05, 3.63) is 53.4 Å². The fraction of sp³-hybridized carbons (Fsp3) is 0.333. The van der Waals surface area contributed by atoms with Crippen molar-refractivity contribution in [3.8, 4) is 28.7 Å². The molecule has 0 bridgehead atoms. The van der Waals surface area contributed by atoms with Gasteiger partial charge in [-0.2, -0.15) is 0 Å². The summed E-state index contributed by atoms with van der Waals surface area (Å²) in [5.41, 5.74) is 3.58. The third-order valence-corrected chi connectivity index (χ3v) is 4.78. The molecule has 0 aliphatic heterocycles. The third-order valence-electron chi connectivity index (χ3n) is 4.78. The van der Waals surface area contributed by atoms with E-state index in [0.29, 0.717) is 23.3 Å². The first-order chi connectivity index (χ1) is 13.3. The first-order valence-electron chi connectivity index (χ1n) is 9.06. The Morgan fingerprint density at radius 2 is 1.70 bits per heavy atom. The van der Waals surface area contributed by atoms with E-state index in [1.54, 1.807) is 20.3 Å². The maximum Gasteiger partial charge on any atom is 0.254 e. The second kappa shape index (κ2) is 7.70. The summed E-state index contributed by atoms with van der Waals surface area (Å²) in [4.78, 5) is 0. The lowest BCUT2D eigenvalue weighted by Gasteiger charge is -2.16. The number of benzene rings is 2. The molecule has 0 atom stereocenters. The molecule has 0 amide bonds. The lowest BCUT2D eigenvalue weighted by molar-refractivity contribution is 0.264. The summed E-state index contributed by atoms with van der Waals surface area (Å²) in [6, 6.07) is 11.8. The fourth-order valence-electron chi connectivity index (χ4n) is 3.34. The summed E-state index contributed by atoms with van der Waals surface area (Å²) < 4.78 is 22.1. The zero-order valence-electron chi connectivity index (χ0n) is 15.5. The van der Waals surface area contributed by atoms with Gasteiger partial charge in [-0.1, -0.05) is 6.07 Å². The Kier molecular flexibility index (Phi) is 4.96. The van der Waals surface area contributed by atoms with Crippen LogP contribution in [0.15, 0.2) is 40.8 Å². The van der Waals surface area contributed by atoms with Crippen LogP contribution in [0.1, 0.15) is 29.9 Å². The van der Waals surface area contributed by atoms with Crippen LogP contribution in [0.5, 0.6) is 17.2 Å². The average molecular weight is 366 g/mol.